The molecule has 0 aliphatic carbocycles. The molecule has 3 N–H and O–H groups in total. The fourth-order valence-electron chi connectivity index (χ4n) is 1.39. The number of hydrogen-bond donors (Lipinski definition) is 2. The van der Waals surface area contributed by atoms with Crippen LogP contribution in [0.4, 0.5) is 21.6 Å². The van der Waals surface area contributed by atoms with E-state index in [9.17, 15) is 4.39 Å². The van der Waals surface area contributed by atoms with Crippen molar-refractivity contribution in [2.24, 2.45) is 0 Å². The van der Waals surface area contributed by atoms with Gasteiger partial charge in [0.25, 0.3) is 0 Å². The number of aryl methyl sites for hydroxylation is 1. The van der Waals surface area contributed by atoms with Crippen molar-refractivity contribution in [2.45, 2.75) is 6.92 Å². The van der Waals surface area contributed by atoms with Crippen LogP contribution in [0.2, 0.25) is 5.02 Å². The van der Waals surface area contributed by atoms with E-state index in [1.54, 1.807) is 12.1 Å². The summed E-state index contributed by atoms with van der Waals surface area (Å²) in [6.07, 6.45) is 0. The zero-order valence-electron chi connectivity index (χ0n) is 9.17. The molecule has 88 valence electrons. The van der Waals surface area contributed by atoms with Crippen LogP contribution in [0.1, 0.15) is 5.69 Å². The molecule has 0 amide bonds. The maximum absolute atomic E-state index is 13.5. The third-order valence-electron chi connectivity index (χ3n) is 2.25. The predicted octanol–water partition coefficient (Wildman–Crippen LogP) is 3.51. The van der Waals surface area contributed by atoms with Crippen LogP contribution in [0.15, 0.2) is 30.3 Å². The van der Waals surface area contributed by atoms with E-state index in [0.717, 1.165) is 5.69 Å². The molecule has 0 unspecified atom stereocenters. The Hall–Kier alpha value is -1.81. The number of anilines is 3. The van der Waals surface area contributed by atoms with E-state index in [1.165, 1.54) is 18.2 Å². The molecule has 5 heteroatoms. The molecule has 0 spiro atoms. The van der Waals surface area contributed by atoms with Crippen molar-refractivity contribution in [3.8, 4) is 0 Å². The first-order chi connectivity index (χ1) is 8.06. The average molecular weight is 252 g/mol. The highest BCUT2D eigenvalue weighted by molar-refractivity contribution is 6.30. The largest absolute Gasteiger partial charge is 0.396 e. The van der Waals surface area contributed by atoms with Crippen LogP contribution in [0, 0.1) is 12.7 Å². The highest BCUT2D eigenvalue weighted by atomic mass is 35.5. The number of nitrogen functional groups attached to an aromatic ring is 1. The molecule has 2 aromatic rings. The highest BCUT2D eigenvalue weighted by Crippen LogP contribution is 2.25. The number of nitrogens with zero attached hydrogens (tertiary/aromatic N) is 1. The molecule has 0 aliphatic heterocycles. The minimum atomic E-state index is -0.405. The number of hydrogen-bond acceptors (Lipinski definition) is 3. The molecule has 0 saturated heterocycles. The predicted molar refractivity (Wildman–Crippen MR) is 68.1 cm³/mol. The van der Waals surface area contributed by atoms with Crippen LogP contribution in [0.5, 0.6) is 0 Å². The first-order valence-electron chi connectivity index (χ1n) is 5.01. The molecule has 3 nitrogen and oxygen atoms in total. The van der Waals surface area contributed by atoms with Gasteiger partial charge < -0.3 is 11.1 Å². The summed E-state index contributed by atoms with van der Waals surface area (Å²) < 4.78 is 13.5. The fraction of sp³-hybridized carbons (Fsp3) is 0.0833. The molecular formula is C12H11ClFN3. The van der Waals surface area contributed by atoms with Crippen LogP contribution < -0.4 is 11.1 Å². The fourth-order valence-corrected chi connectivity index (χ4v) is 1.56. The monoisotopic (exact) mass is 251 g/mol. The zero-order valence-corrected chi connectivity index (χ0v) is 9.92. The van der Waals surface area contributed by atoms with Crippen LogP contribution in [0.25, 0.3) is 0 Å². The van der Waals surface area contributed by atoms with Gasteiger partial charge in [0.15, 0.2) is 5.82 Å². The molecule has 0 fully saturated rings. The summed E-state index contributed by atoms with van der Waals surface area (Å²) in [7, 11) is 0. The molecule has 2 rings (SSSR count). The number of nitrogens with one attached hydrogen (secondary N) is 1. The number of aromatic nitrogens is 1. The van der Waals surface area contributed by atoms with E-state index >= 15 is 0 Å². The molecule has 0 saturated carbocycles. The van der Waals surface area contributed by atoms with E-state index in [1.807, 2.05) is 6.92 Å². The molecule has 1 aromatic heterocycles. The standard InChI is InChI=1S/C12H11ClFN3/c1-7-2-5-10(15)12(16-7)17-11-6-8(13)3-4-9(11)14/h2-6H,15H2,1H3,(H,16,17). The number of rotatable bonds is 2. The lowest BCUT2D eigenvalue weighted by Crippen LogP contribution is -2.01. The Morgan fingerprint density at radius 3 is 2.82 bits per heavy atom. The normalized spacial score (nSPS) is 10.3. The zero-order chi connectivity index (χ0) is 12.4. The van der Waals surface area contributed by atoms with E-state index < -0.39 is 5.82 Å². The third kappa shape index (κ3) is 2.65. The first-order valence-corrected chi connectivity index (χ1v) is 5.39. The van der Waals surface area contributed by atoms with Gasteiger partial charge in [-0.3, -0.25) is 0 Å². The minimum Gasteiger partial charge on any atom is -0.396 e. The Bertz CT molecular complexity index is 508. The van der Waals surface area contributed by atoms with Gasteiger partial charge in [-0.1, -0.05) is 11.6 Å². The summed E-state index contributed by atoms with van der Waals surface area (Å²) in [6.45, 7) is 1.83. The van der Waals surface area contributed by atoms with Crippen molar-refractivity contribution in [3.05, 3.63) is 46.9 Å². The van der Waals surface area contributed by atoms with Crippen molar-refractivity contribution < 1.29 is 4.39 Å². The SMILES string of the molecule is Cc1ccc(N)c(Nc2cc(Cl)ccc2F)n1. The number of halogens is 2. The van der Waals surface area contributed by atoms with Gasteiger partial charge in [-0.25, -0.2) is 9.37 Å². The third-order valence-corrected chi connectivity index (χ3v) is 2.48. The second kappa shape index (κ2) is 4.59. The van der Waals surface area contributed by atoms with E-state index in [4.69, 9.17) is 17.3 Å². The van der Waals surface area contributed by atoms with Crippen molar-refractivity contribution in [1.29, 1.82) is 0 Å². The quantitative estimate of drug-likeness (QED) is 0.859. The number of benzene rings is 1. The van der Waals surface area contributed by atoms with Crippen molar-refractivity contribution in [3.63, 3.8) is 0 Å². The first kappa shape index (κ1) is 11.7. The topological polar surface area (TPSA) is 50.9 Å². The Labute approximate surface area is 103 Å². The van der Waals surface area contributed by atoms with Gasteiger partial charge in [0.2, 0.25) is 0 Å². The van der Waals surface area contributed by atoms with Gasteiger partial charge in [0, 0.05) is 10.7 Å². The molecule has 0 atom stereocenters. The summed E-state index contributed by atoms with van der Waals surface area (Å²) in [6, 6.07) is 7.76. The lowest BCUT2D eigenvalue weighted by atomic mass is 10.3. The Balaban J connectivity index is 2.37. The summed E-state index contributed by atoms with van der Waals surface area (Å²) in [4.78, 5) is 4.19. The summed E-state index contributed by atoms with van der Waals surface area (Å²) in [5.41, 5.74) is 7.25. The smallest absolute Gasteiger partial charge is 0.153 e. The molecule has 0 radical (unpaired) electrons. The minimum absolute atomic E-state index is 0.252. The summed E-state index contributed by atoms with van der Waals surface area (Å²) >= 11 is 5.80. The van der Waals surface area contributed by atoms with Gasteiger partial charge in [-0.05, 0) is 37.3 Å². The van der Waals surface area contributed by atoms with E-state index in [2.05, 4.69) is 10.3 Å². The second-order valence-corrected chi connectivity index (χ2v) is 4.08. The molecule has 1 aromatic carbocycles. The van der Waals surface area contributed by atoms with Crippen LogP contribution in [0.3, 0.4) is 0 Å². The van der Waals surface area contributed by atoms with E-state index in [-0.39, 0.29) is 5.69 Å². The summed E-state index contributed by atoms with van der Waals surface area (Å²) in [5.74, 6) is 0.0169. The lowest BCUT2D eigenvalue weighted by Gasteiger charge is -2.10. The molecule has 1 heterocycles. The van der Waals surface area contributed by atoms with Crippen molar-refractivity contribution in [2.75, 3.05) is 11.1 Å². The molecule has 0 aliphatic rings. The molecule has 17 heavy (non-hydrogen) atoms. The Morgan fingerprint density at radius 2 is 2.06 bits per heavy atom. The summed E-state index contributed by atoms with van der Waals surface area (Å²) in [5, 5.41) is 3.27. The molecule has 0 bridgehead atoms. The van der Waals surface area contributed by atoms with Gasteiger partial charge in [-0.15, -0.1) is 0 Å². The Morgan fingerprint density at radius 1 is 1.29 bits per heavy atom. The molecular weight excluding hydrogens is 241 g/mol. The van der Waals surface area contributed by atoms with Crippen molar-refractivity contribution >= 4 is 28.8 Å². The van der Waals surface area contributed by atoms with Crippen molar-refractivity contribution in [1.82, 2.24) is 4.98 Å². The average Bonchev–Trinajstić information content (AvgIpc) is 2.28. The second-order valence-electron chi connectivity index (χ2n) is 3.64. The highest BCUT2D eigenvalue weighted by Gasteiger charge is 2.06. The number of nitrogens with two attached hydrogens (primary N) is 1. The maximum Gasteiger partial charge on any atom is 0.153 e. The van der Waals surface area contributed by atoms with Crippen LogP contribution >= 0.6 is 11.6 Å². The lowest BCUT2D eigenvalue weighted by molar-refractivity contribution is 0.632. The van der Waals surface area contributed by atoms with Gasteiger partial charge in [0.1, 0.15) is 5.82 Å². The number of pyridine rings is 1. The van der Waals surface area contributed by atoms with Gasteiger partial charge in [0.05, 0.1) is 11.4 Å². The maximum atomic E-state index is 13.5. The van der Waals surface area contributed by atoms with Crippen LogP contribution in [-0.2, 0) is 0 Å². The van der Waals surface area contributed by atoms with Gasteiger partial charge in [-0.2, -0.15) is 0 Å². The van der Waals surface area contributed by atoms with Crippen LogP contribution in [-0.4, -0.2) is 4.98 Å². The Kier molecular flexibility index (Phi) is 3.15. The van der Waals surface area contributed by atoms with E-state index in [0.29, 0.717) is 16.5 Å². The van der Waals surface area contributed by atoms with Gasteiger partial charge >= 0.3 is 0 Å².